The van der Waals surface area contributed by atoms with Crippen molar-refractivity contribution in [3.05, 3.63) is 58.8 Å². The largest absolute Gasteiger partial charge is 0.478 e. The second kappa shape index (κ2) is 6.21. The normalized spacial score (nSPS) is 10.7. The number of aromatic nitrogens is 1. The van der Waals surface area contributed by atoms with Crippen molar-refractivity contribution in [3.8, 4) is 11.6 Å². The van der Waals surface area contributed by atoms with Crippen molar-refractivity contribution in [1.82, 2.24) is 4.98 Å². The van der Waals surface area contributed by atoms with Crippen LogP contribution < -0.4 is 4.74 Å². The molecule has 0 amide bonds. The lowest BCUT2D eigenvalue weighted by Crippen LogP contribution is -1.91. The van der Waals surface area contributed by atoms with Gasteiger partial charge >= 0.3 is 5.97 Å². The number of aryl methyl sites for hydroxylation is 1. The smallest absolute Gasteiger partial charge is 0.328 e. The zero-order chi connectivity index (χ0) is 14.5. The van der Waals surface area contributed by atoms with E-state index in [2.05, 4.69) is 4.98 Å². The highest BCUT2D eigenvalue weighted by Crippen LogP contribution is 2.26. The van der Waals surface area contributed by atoms with Gasteiger partial charge in [0.1, 0.15) is 5.75 Å². The minimum atomic E-state index is -0.998. The molecule has 0 saturated carbocycles. The van der Waals surface area contributed by atoms with Crippen LogP contribution in [0.4, 0.5) is 0 Å². The fourth-order valence-corrected chi connectivity index (χ4v) is 1.78. The van der Waals surface area contributed by atoms with Crippen LogP contribution in [0.2, 0.25) is 5.02 Å². The molecule has 0 saturated heterocycles. The topological polar surface area (TPSA) is 59.4 Å². The molecule has 0 bridgehead atoms. The minimum Gasteiger partial charge on any atom is -0.478 e. The number of benzene rings is 1. The average molecular weight is 290 g/mol. The monoisotopic (exact) mass is 289 g/mol. The number of ether oxygens (including phenoxy) is 1. The predicted molar refractivity (Wildman–Crippen MR) is 77.2 cm³/mol. The predicted octanol–water partition coefficient (Wildman–Crippen LogP) is 3.93. The first-order valence-corrected chi connectivity index (χ1v) is 6.23. The lowest BCUT2D eigenvalue weighted by molar-refractivity contribution is -0.131. The number of pyridine rings is 1. The van der Waals surface area contributed by atoms with Gasteiger partial charge in [0.2, 0.25) is 5.88 Å². The fraction of sp³-hybridized carbons (Fsp3) is 0.0667. The van der Waals surface area contributed by atoms with Gasteiger partial charge in [-0.1, -0.05) is 11.6 Å². The van der Waals surface area contributed by atoms with Crippen LogP contribution in [-0.2, 0) is 4.79 Å². The van der Waals surface area contributed by atoms with Gasteiger partial charge in [0.25, 0.3) is 0 Å². The van der Waals surface area contributed by atoms with Crippen molar-refractivity contribution in [3.63, 3.8) is 0 Å². The highest BCUT2D eigenvalue weighted by molar-refractivity contribution is 6.30. The zero-order valence-electron chi connectivity index (χ0n) is 10.7. The number of carbonyl (C=O) groups is 1. The van der Waals surface area contributed by atoms with E-state index in [1.807, 2.05) is 6.92 Å². The molecule has 20 heavy (non-hydrogen) atoms. The van der Waals surface area contributed by atoms with Gasteiger partial charge in [-0.25, -0.2) is 9.78 Å². The van der Waals surface area contributed by atoms with Crippen molar-refractivity contribution in [2.24, 2.45) is 0 Å². The third-order valence-corrected chi connectivity index (χ3v) is 2.76. The SMILES string of the molecule is Cc1cc(Cl)ccc1Oc1ccc(/C=C/C(=O)O)cn1. The van der Waals surface area contributed by atoms with Crippen molar-refractivity contribution in [2.45, 2.75) is 6.92 Å². The van der Waals surface area contributed by atoms with Gasteiger partial charge in [0.05, 0.1) is 0 Å². The van der Waals surface area contributed by atoms with Crippen LogP contribution >= 0.6 is 11.6 Å². The summed E-state index contributed by atoms with van der Waals surface area (Å²) in [5.74, 6) is 0.112. The van der Waals surface area contributed by atoms with E-state index in [-0.39, 0.29) is 0 Å². The first-order chi connectivity index (χ1) is 9.54. The van der Waals surface area contributed by atoms with E-state index in [0.717, 1.165) is 11.6 Å². The molecule has 5 heteroatoms. The molecule has 0 radical (unpaired) electrons. The Bertz CT molecular complexity index is 651. The molecule has 0 spiro atoms. The number of aliphatic carboxylic acids is 1. The van der Waals surface area contributed by atoms with Crippen LogP contribution in [-0.4, -0.2) is 16.1 Å². The number of nitrogens with zero attached hydrogens (tertiary/aromatic N) is 1. The Morgan fingerprint density at radius 2 is 2.15 bits per heavy atom. The summed E-state index contributed by atoms with van der Waals surface area (Å²) in [5, 5.41) is 9.18. The standard InChI is InChI=1S/C15H12ClNO3/c1-10-8-12(16)4-5-13(10)20-14-6-2-11(9-17-14)3-7-15(18)19/h2-9H,1H3,(H,18,19)/b7-3+. The molecule has 1 aromatic carbocycles. The van der Waals surface area contributed by atoms with E-state index >= 15 is 0 Å². The quantitative estimate of drug-likeness (QED) is 0.866. The molecule has 4 nitrogen and oxygen atoms in total. The summed E-state index contributed by atoms with van der Waals surface area (Å²) in [7, 11) is 0. The summed E-state index contributed by atoms with van der Waals surface area (Å²) in [6.45, 7) is 1.89. The Morgan fingerprint density at radius 3 is 2.75 bits per heavy atom. The summed E-state index contributed by atoms with van der Waals surface area (Å²) in [6.07, 6.45) is 4.06. The highest BCUT2D eigenvalue weighted by Gasteiger charge is 2.03. The molecule has 1 N–H and O–H groups in total. The van der Waals surface area contributed by atoms with E-state index in [1.54, 1.807) is 36.5 Å². The number of halogens is 1. The van der Waals surface area contributed by atoms with Crippen LogP contribution in [0.15, 0.2) is 42.6 Å². The maximum atomic E-state index is 10.4. The van der Waals surface area contributed by atoms with Gasteiger partial charge in [-0.15, -0.1) is 0 Å². The second-order valence-electron chi connectivity index (χ2n) is 4.11. The molecule has 0 aliphatic carbocycles. The molecule has 1 aromatic heterocycles. The lowest BCUT2D eigenvalue weighted by Gasteiger charge is -2.08. The maximum Gasteiger partial charge on any atom is 0.328 e. The van der Waals surface area contributed by atoms with Crippen molar-refractivity contribution in [2.75, 3.05) is 0 Å². The molecule has 102 valence electrons. The van der Waals surface area contributed by atoms with E-state index in [4.69, 9.17) is 21.4 Å². The zero-order valence-corrected chi connectivity index (χ0v) is 11.5. The molecule has 2 rings (SSSR count). The third kappa shape index (κ3) is 3.83. The Balaban J connectivity index is 2.12. The van der Waals surface area contributed by atoms with Gasteiger partial charge in [-0.3, -0.25) is 0 Å². The van der Waals surface area contributed by atoms with Crippen LogP contribution in [0.25, 0.3) is 6.08 Å². The van der Waals surface area contributed by atoms with Gasteiger partial charge < -0.3 is 9.84 Å². The van der Waals surface area contributed by atoms with Crippen LogP contribution in [0.3, 0.4) is 0 Å². The fourth-order valence-electron chi connectivity index (χ4n) is 1.56. The first kappa shape index (κ1) is 14.1. The van der Waals surface area contributed by atoms with Crippen molar-refractivity contribution >= 4 is 23.6 Å². The number of carboxylic acids is 1. The molecule has 0 fully saturated rings. The molecule has 0 atom stereocenters. The van der Waals surface area contributed by atoms with Crippen molar-refractivity contribution in [1.29, 1.82) is 0 Å². The van der Waals surface area contributed by atoms with Crippen LogP contribution in [0.1, 0.15) is 11.1 Å². The van der Waals surface area contributed by atoms with Gasteiger partial charge in [0, 0.05) is 23.4 Å². The highest BCUT2D eigenvalue weighted by atomic mass is 35.5. The summed E-state index contributed by atoms with van der Waals surface area (Å²) in [5.41, 5.74) is 1.60. The molecular formula is C15H12ClNO3. The Hall–Kier alpha value is -2.33. The first-order valence-electron chi connectivity index (χ1n) is 5.85. The van der Waals surface area contributed by atoms with E-state index in [1.165, 1.54) is 6.08 Å². The summed E-state index contributed by atoms with van der Waals surface area (Å²) >= 11 is 5.87. The van der Waals surface area contributed by atoms with Crippen molar-refractivity contribution < 1.29 is 14.6 Å². The van der Waals surface area contributed by atoms with E-state index < -0.39 is 5.97 Å². The summed E-state index contributed by atoms with van der Waals surface area (Å²) in [6, 6.07) is 8.73. The summed E-state index contributed by atoms with van der Waals surface area (Å²) in [4.78, 5) is 14.5. The number of carboxylic acid groups (broad SMARTS) is 1. The molecule has 0 aliphatic heterocycles. The Morgan fingerprint density at radius 1 is 1.35 bits per heavy atom. The molecule has 2 aromatic rings. The van der Waals surface area contributed by atoms with E-state index in [9.17, 15) is 4.79 Å². The maximum absolute atomic E-state index is 10.4. The Kier molecular flexibility index (Phi) is 4.38. The second-order valence-corrected chi connectivity index (χ2v) is 4.55. The number of hydrogen-bond acceptors (Lipinski definition) is 3. The van der Waals surface area contributed by atoms with Crippen LogP contribution in [0, 0.1) is 6.92 Å². The number of rotatable bonds is 4. The van der Waals surface area contributed by atoms with Gasteiger partial charge in [-0.05, 0) is 48.4 Å². The minimum absolute atomic E-state index is 0.433. The molecule has 1 heterocycles. The average Bonchev–Trinajstić information content (AvgIpc) is 2.41. The molecule has 0 aliphatic rings. The summed E-state index contributed by atoms with van der Waals surface area (Å²) < 4.78 is 5.63. The number of hydrogen-bond donors (Lipinski definition) is 1. The van der Waals surface area contributed by atoms with Gasteiger partial charge in [0.15, 0.2) is 0 Å². The van der Waals surface area contributed by atoms with Crippen LogP contribution in [0.5, 0.6) is 11.6 Å². The third-order valence-electron chi connectivity index (χ3n) is 2.53. The Labute approximate surface area is 121 Å². The molecule has 0 unspecified atom stereocenters. The molecular weight excluding hydrogens is 278 g/mol. The van der Waals surface area contributed by atoms with E-state index in [0.29, 0.717) is 22.2 Å². The lowest BCUT2D eigenvalue weighted by atomic mass is 10.2. The van der Waals surface area contributed by atoms with Gasteiger partial charge in [-0.2, -0.15) is 0 Å².